The molecule has 100 valence electrons. The summed E-state index contributed by atoms with van der Waals surface area (Å²) >= 11 is 0. The second-order valence-corrected chi connectivity index (χ2v) is 3.76. The van der Waals surface area contributed by atoms with Crippen molar-refractivity contribution < 1.29 is 19.1 Å². The van der Waals surface area contributed by atoms with Gasteiger partial charge in [0.15, 0.2) is 0 Å². The number of hydrogen-bond donors (Lipinski definition) is 2. The summed E-state index contributed by atoms with van der Waals surface area (Å²) in [6.45, 7) is 0.197. The summed E-state index contributed by atoms with van der Waals surface area (Å²) in [6, 6.07) is 4.37. The topological polar surface area (TPSA) is 93.4 Å². The van der Waals surface area contributed by atoms with Crippen LogP contribution in [0.5, 0.6) is 0 Å². The van der Waals surface area contributed by atoms with Gasteiger partial charge in [-0.1, -0.05) is 0 Å². The fourth-order valence-corrected chi connectivity index (χ4v) is 1.28. The first-order valence-corrected chi connectivity index (χ1v) is 5.37. The third-order valence-corrected chi connectivity index (χ3v) is 2.36. The molecule has 0 spiro atoms. The van der Waals surface area contributed by atoms with E-state index in [1.54, 1.807) is 0 Å². The van der Waals surface area contributed by atoms with Crippen molar-refractivity contribution in [2.24, 2.45) is 0 Å². The number of nitriles is 1. The van der Waals surface area contributed by atoms with E-state index in [9.17, 15) is 14.0 Å². The van der Waals surface area contributed by atoms with Crippen LogP contribution in [0.15, 0.2) is 18.2 Å². The molecule has 0 heterocycles. The fraction of sp³-hybridized carbons (Fsp3) is 0.250. The van der Waals surface area contributed by atoms with E-state index in [1.165, 1.54) is 11.9 Å². The summed E-state index contributed by atoms with van der Waals surface area (Å²) in [5.74, 6) is -1.94. The average Bonchev–Trinajstić information content (AvgIpc) is 2.38. The van der Waals surface area contributed by atoms with Crippen molar-refractivity contribution in [1.29, 1.82) is 5.26 Å². The number of rotatable bonds is 4. The highest BCUT2D eigenvalue weighted by Gasteiger charge is 2.13. The van der Waals surface area contributed by atoms with Gasteiger partial charge in [0, 0.05) is 13.6 Å². The molecule has 0 aromatic heterocycles. The molecule has 6 nitrogen and oxygen atoms in total. The highest BCUT2D eigenvalue weighted by molar-refractivity contribution is 5.93. The third-order valence-electron chi connectivity index (χ3n) is 2.36. The first-order chi connectivity index (χ1) is 8.95. The van der Waals surface area contributed by atoms with Crippen molar-refractivity contribution in [1.82, 2.24) is 4.90 Å². The quantitative estimate of drug-likeness (QED) is 0.869. The van der Waals surface area contributed by atoms with Crippen LogP contribution >= 0.6 is 0 Å². The molecule has 7 heteroatoms. The molecule has 0 radical (unpaired) electrons. The van der Waals surface area contributed by atoms with E-state index in [2.05, 4.69) is 5.32 Å². The zero-order valence-corrected chi connectivity index (χ0v) is 10.2. The molecule has 0 saturated heterocycles. The van der Waals surface area contributed by atoms with Gasteiger partial charge < -0.3 is 15.3 Å². The number of urea groups is 1. The normalized spacial score (nSPS) is 9.53. The summed E-state index contributed by atoms with van der Waals surface area (Å²) in [5.41, 5.74) is -0.343. The van der Waals surface area contributed by atoms with E-state index in [1.807, 2.05) is 6.07 Å². The Hall–Kier alpha value is -2.62. The number of carbonyl (C=O) groups excluding carboxylic acids is 1. The van der Waals surface area contributed by atoms with Crippen molar-refractivity contribution >= 4 is 17.7 Å². The number of hydrogen-bond acceptors (Lipinski definition) is 3. The van der Waals surface area contributed by atoms with Crippen LogP contribution in [0, 0.1) is 17.1 Å². The lowest BCUT2D eigenvalue weighted by Crippen LogP contribution is -2.32. The maximum Gasteiger partial charge on any atom is 0.335 e. The monoisotopic (exact) mass is 265 g/mol. The maximum absolute atomic E-state index is 13.4. The van der Waals surface area contributed by atoms with Gasteiger partial charge in [0.1, 0.15) is 5.82 Å². The predicted molar refractivity (Wildman–Crippen MR) is 65.2 cm³/mol. The first kappa shape index (κ1) is 14.4. The molecule has 19 heavy (non-hydrogen) atoms. The smallest absolute Gasteiger partial charge is 0.335 e. The van der Waals surface area contributed by atoms with E-state index in [0.717, 1.165) is 18.2 Å². The van der Waals surface area contributed by atoms with Crippen molar-refractivity contribution in [3.8, 4) is 6.07 Å². The molecule has 2 N–H and O–H groups in total. The fourth-order valence-electron chi connectivity index (χ4n) is 1.28. The molecule has 1 aromatic carbocycles. The van der Waals surface area contributed by atoms with Crippen LogP contribution < -0.4 is 5.32 Å². The van der Waals surface area contributed by atoms with Crippen LogP contribution in [-0.4, -0.2) is 35.6 Å². The minimum Gasteiger partial charge on any atom is -0.478 e. The standard InChI is InChI=1S/C12H12FN3O3/c1-16(6-2-5-14)12(19)15-10-7-8(11(17)18)3-4-9(10)13/h3-4,7H,2,6H2,1H3,(H,15,19)(H,17,18). The Balaban J connectivity index is 2.81. The molecule has 0 aliphatic carbocycles. The highest BCUT2D eigenvalue weighted by atomic mass is 19.1. The molecule has 0 aliphatic heterocycles. The number of nitrogens with one attached hydrogen (secondary N) is 1. The SMILES string of the molecule is CN(CCC#N)C(=O)Nc1cc(C(=O)O)ccc1F. The van der Waals surface area contributed by atoms with Crippen LogP contribution in [0.3, 0.4) is 0 Å². The van der Waals surface area contributed by atoms with Gasteiger partial charge in [0.05, 0.1) is 23.7 Å². The molecular formula is C12H12FN3O3. The number of amides is 2. The number of benzene rings is 1. The van der Waals surface area contributed by atoms with E-state index >= 15 is 0 Å². The van der Waals surface area contributed by atoms with Crippen molar-refractivity contribution in [2.45, 2.75) is 6.42 Å². The Morgan fingerprint density at radius 3 is 2.79 bits per heavy atom. The summed E-state index contributed by atoms with van der Waals surface area (Å²) < 4.78 is 13.4. The van der Waals surface area contributed by atoms with E-state index in [-0.39, 0.29) is 24.2 Å². The number of halogens is 1. The Kier molecular flexibility index (Phi) is 4.83. The maximum atomic E-state index is 13.4. The van der Waals surface area contributed by atoms with Crippen LogP contribution in [0.4, 0.5) is 14.9 Å². The first-order valence-electron chi connectivity index (χ1n) is 5.37. The van der Waals surface area contributed by atoms with Gasteiger partial charge >= 0.3 is 12.0 Å². The van der Waals surface area contributed by atoms with Gasteiger partial charge in [-0.05, 0) is 18.2 Å². The van der Waals surface area contributed by atoms with E-state index in [0.29, 0.717) is 0 Å². The average molecular weight is 265 g/mol. The highest BCUT2D eigenvalue weighted by Crippen LogP contribution is 2.16. The van der Waals surface area contributed by atoms with E-state index in [4.69, 9.17) is 10.4 Å². The van der Waals surface area contributed by atoms with Crippen LogP contribution in [0.25, 0.3) is 0 Å². The molecule has 1 rings (SSSR count). The van der Waals surface area contributed by atoms with Gasteiger partial charge in [0.2, 0.25) is 0 Å². The summed E-state index contributed by atoms with van der Waals surface area (Å²) in [6.07, 6.45) is 0.154. The Morgan fingerprint density at radius 2 is 2.21 bits per heavy atom. The number of carbonyl (C=O) groups is 2. The van der Waals surface area contributed by atoms with E-state index < -0.39 is 17.8 Å². The number of carboxylic acids is 1. The van der Waals surface area contributed by atoms with Crippen LogP contribution in [-0.2, 0) is 0 Å². The minimum absolute atomic E-state index is 0.128. The molecule has 0 atom stereocenters. The van der Waals surface area contributed by atoms with Crippen molar-refractivity contribution in [3.05, 3.63) is 29.6 Å². The molecule has 1 aromatic rings. The summed E-state index contributed by atoms with van der Waals surface area (Å²) in [4.78, 5) is 23.6. The zero-order chi connectivity index (χ0) is 14.4. The minimum atomic E-state index is -1.21. The van der Waals surface area contributed by atoms with Crippen LogP contribution in [0.1, 0.15) is 16.8 Å². The summed E-state index contributed by atoms with van der Waals surface area (Å²) in [7, 11) is 1.45. The molecule has 0 unspecified atom stereocenters. The lowest BCUT2D eigenvalue weighted by molar-refractivity contribution is 0.0697. The number of aromatic carboxylic acids is 1. The lowest BCUT2D eigenvalue weighted by Gasteiger charge is -2.16. The van der Waals surface area contributed by atoms with Crippen molar-refractivity contribution in [3.63, 3.8) is 0 Å². The predicted octanol–water partition coefficient (Wildman–Crippen LogP) is 1.90. The van der Waals surface area contributed by atoms with Crippen LogP contribution in [0.2, 0.25) is 0 Å². The molecule has 0 saturated carbocycles. The van der Waals surface area contributed by atoms with Gasteiger partial charge in [-0.25, -0.2) is 14.0 Å². The second kappa shape index (κ2) is 6.35. The molecule has 2 amide bonds. The Morgan fingerprint density at radius 1 is 1.53 bits per heavy atom. The third kappa shape index (κ3) is 3.96. The summed E-state index contributed by atoms with van der Waals surface area (Å²) in [5, 5.41) is 19.4. The Bertz CT molecular complexity index is 540. The largest absolute Gasteiger partial charge is 0.478 e. The molecule has 0 aliphatic rings. The molecular weight excluding hydrogens is 253 g/mol. The zero-order valence-electron chi connectivity index (χ0n) is 10.2. The lowest BCUT2D eigenvalue weighted by atomic mass is 10.2. The molecule has 0 bridgehead atoms. The second-order valence-electron chi connectivity index (χ2n) is 3.76. The van der Waals surface area contributed by atoms with Gasteiger partial charge in [0.25, 0.3) is 0 Å². The van der Waals surface area contributed by atoms with Crippen molar-refractivity contribution in [2.75, 3.05) is 18.9 Å². The van der Waals surface area contributed by atoms with Gasteiger partial charge in [-0.3, -0.25) is 0 Å². The Labute approximate surface area is 109 Å². The van der Waals surface area contributed by atoms with Gasteiger partial charge in [-0.15, -0.1) is 0 Å². The number of anilines is 1. The number of carboxylic acid groups (broad SMARTS) is 1. The number of nitrogens with zero attached hydrogens (tertiary/aromatic N) is 2. The molecule has 0 fully saturated rings. The van der Waals surface area contributed by atoms with Gasteiger partial charge in [-0.2, -0.15) is 5.26 Å².